The molecule has 0 aromatic heterocycles. The van der Waals surface area contributed by atoms with E-state index in [2.05, 4.69) is 29.3 Å². The largest absolute Gasteiger partial charge is 0.379 e. The molecule has 2 aliphatic rings. The van der Waals surface area contributed by atoms with Gasteiger partial charge in [0.2, 0.25) is 0 Å². The van der Waals surface area contributed by atoms with Crippen LogP contribution >= 0.6 is 0 Å². The van der Waals surface area contributed by atoms with Crippen molar-refractivity contribution in [3.05, 3.63) is 107 Å². The van der Waals surface area contributed by atoms with Gasteiger partial charge in [-0.1, -0.05) is 67.6 Å². The molecule has 202 valence electrons. The highest BCUT2D eigenvalue weighted by Crippen LogP contribution is 2.45. The second-order valence-electron chi connectivity index (χ2n) is 10.9. The van der Waals surface area contributed by atoms with Gasteiger partial charge in [0.25, 0.3) is 5.91 Å². The Morgan fingerprint density at radius 2 is 1.46 bits per heavy atom. The molecule has 2 heterocycles. The van der Waals surface area contributed by atoms with E-state index in [9.17, 15) is 14.0 Å². The van der Waals surface area contributed by atoms with Crippen molar-refractivity contribution < 1.29 is 18.7 Å². The van der Waals surface area contributed by atoms with E-state index in [1.165, 1.54) is 24.3 Å². The fraction of sp³-hybridized carbons (Fsp3) is 0.333. The molecule has 0 bridgehead atoms. The molecule has 2 fully saturated rings. The second kappa shape index (κ2) is 12.1. The molecular weight excluding hydrogens is 491 g/mol. The van der Waals surface area contributed by atoms with Crippen LogP contribution in [0, 0.1) is 17.2 Å². The molecule has 2 saturated heterocycles. The zero-order valence-electron chi connectivity index (χ0n) is 22.4. The second-order valence-corrected chi connectivity index (χ2v) is 10.9. The Hall–Kier alpha value is -3.61. The van der Waals surface area contributed by atoms with Gasteiger partial charge in [0, 0.05) is 17.5 Å². The monoisotopic (exact) mass is 526 g/mol. The number of nitrogens with zero attached hydrogens (tertiary/aromatic N) is 1. The first-order chi connectivity index (χ1) is 18.9. The molecule has 0 atom stereocenters. The summed E-state index contributed by atoms with van der Waals surface area (Å²) in [7, 11) is 0. The molecule has 1 amide bonds. The average molecular weight is 527 g/mol. The summed E-state index contributed by atoms with van der Waals surface area (Å²) in [5.41, 5.74) is 3.95. The molecule has 3 aromatic carbocycles. The van der Waals surface area contributed by atoms with Gasteiger partial charge in [-0.25, -0.2) is 4.39 Å². The number of carbonyl (C=O) groups excluding carboxylic acids is 2. The van der Waals surface area contributed by atoms with Crippen molar-refractivity contribution in [2.75, 3.05) is 39.4 Å². The highest BCUT2D eigenvalue weighted by molar-refractivity contribution is 6.27. The van der Waals surface area contributed by atoms with E-state index in [0.29, 0.717) is 43.4 Å². The van der Waals surface area contributed by atoms with Crippen molar-refractivity contribution in [3.8, 4) is 0 Å². The Labute approximate surface area is 229 Å². The number of ketones is 1. The average Bonchev–Trinajstić information content (AvgIpc) is 2.95. The van der Waals surface area contributed by atoms with Crippen LogP contribution in [-0.2, 0) is 9.53 Å². The van der Waals surface area contributed by atoms with Crippen LogP contribution in [0.1, 0.15) is 41.3 Å². The molecule has 0 radical (unpaired) electrons. The molecular formula is C33H35FN2O3. The molecule has 0 aliphatic carbocycles. The maximum absolute atomic E-state index is 13.9. The van der Waals surface area contributed by atoms with Crippen molar-refractivity contribution >= 4 is 22.8 Å². The zero-order valence-corrected chi connectivity index (χ0v) is 22.4. The minimum absolute atomic E-state index is 0.00121. The standard InChI is InChI=1S/C33H35FN2O3/c1-33(22-39-23-33)31(27-10-6-3-7-11-27)30(26-8-4-2-5-9-26)32(38)35-20-24-16-18-36(19-17-24)21-29(37)25-12-14-28(34)15-13-25/h2-15,24H,16-23H2,1H3,(H,35,38)/b31-30-. The predicted molar refractivity (Wildman–Crippen MR) is 152 cm³/mol. The first-order valence-electron chi connectivity index (χ1n) is 13.7. The molecule has 3 aromatic rings. The lowest BCUT2D eigenvalue weighted by atomic mass is 9.73. The minimum Gasteiger partial charge on any atom is -0.379 e. The number of carbonyl (C=O) groups is 2. The number of nitrogens with one attached hydrogen (secondary N) is 1. The Morgan fingerprint density at radius 3 is 2.03 bits per heavy atom. The SMILES string of the molecule is CC1(/C(=C(\C(=O)NCC2CCN(CC(=O)c3ccc(F)cc3)CC2)c2ccccc2)c2ccccc2)COC1. The fourth-order valence-corrected chi connectivity index (χ4v) is 5.55. The first kappa shape index (κ1) is 27.0. The van der Waals surface area contributed by atoms with E-state index >= 15 is 0 Å². The number of hydrogen-bond donors (Lipinski definition) is 1. The summed E-state index contributed by atoms with van der Waals surface area (Å²) in [6, 6.07) is 25.7. The predicted octanol–water partition coefficient (Wildman–Crippen LogP) is 5.48. The van der Waals surface area contributed by atoms with Gasteiger partial charge in [-0.05, 0) is 72.8 Å². The highest BCUT2D eigenvalue weighted by atomic mass is 19.1. The number of benzene rings is 3. The minimum atomic E-state index is -0.342. The topological polar surface area (TPSA) is 58.6 Å². The van der Waals surface area contributed by atoms with E-state index in [1.807, 2.05) is 48.5 Å². The van der Waals surface area contributed by atoms with Crippen molar-refractivity contribution in [3.63, 3.8) is 0 Å². The summed E-state index contributed by atoms with van der Waals surface area (Å²) in [6.07, 6.45) is 1.80. The molecule has 0 unspecified atom stereocenters. The number of amides is 1. The third kappa shape index (κ3) is 6.35. The van der Waals surface area contributed by atoms with Crippen molar-refractivity contribution in [1.29, 1.82) is 0 Å². The van der Waals surface area contributed by atoms with Crippen LogP contribution in [-0.4, -0.2) is 56.0 Å². The van der Waals surface area contributed by atoms with Gasteiger partial charge in [0.15, 0.2) is 5.78 Å². The van der Waals surface area contributed by atoms with E-state index in [1.54, 1.807) is 0 Å². The van der Waals surface area contributed by atoms with Gasteiger partial charge in [-0.15, -0.1) is 0 Å². The maximum atomic E-state index is 13.9. The van der Waals surface area contributed by atoms with E-state index < -0.39 is 0 Å². The summed E-state index contributed by atoms with van der Waals surface area (Å²) in [6.45, 7) is 5.82. The van der Waals surface area contributed by atoms with Crippen molar-refractivity contribution in [2.45, 2.75) is 19.8 Å². The number of Topliss-reactive ketones (excluding diaryl/α,β-unsaturated/α-hetero) is 1. The number of halogens is 1. The molecule has 1 N–H and O–H groups in total. The van der Waals surface area contributed by atoms with Crippen LogP contribution in [0.4, 0.5) is 4.39 Å². The molecule has 5 nitrogen and oxygen atoms in total. The van der Waals surface area contributed by atoms with Crippen molar-refractivity contribution in [2.24, 2.45) is 11.3 Å². The number of piperidine rings is 1. The smallest absolute Gasteiger partial charge is 0.252 e. The summed E-state index contributed by atoms with van der Waals surface area (Å²) in [4.78, 5) is 28.6. The summed E-state index contributed by atoms with van der Waals surface area (Å²) in [5, 5.41) is 3.25. The number of rotatable bonds is 9. The van der Waals surface area contributed by atoms with Gasteiger partial charge in [0.1, 0.15) is 5.82 Å². The Balaban J connectivity index is 1.27. The van der Waals surface area contributed by atoms with E-state index in [0.717, 1.165) is 42.6 Å². The normalized spacial score (nSPS) is 18.1. The van der Waals surface area contributed by atoms with Gasteiger partial charge in [-0.3, -0.25) is 14.5 Å². The molecule has 0 spiro atoms. The van der Waals surface area contributed by atoms with Gasteiger partial charge in [-0.2, -0.15) is 0 Å². The lowest BCUT2D eigenvalue weighted by Gasteiger charge is -2.42. The van der Waals surface area contributed by atoms with Crippen LogP contribution < -0.4 is 5.32 Å². The Bertz CT molecular complexity index is 1310. The number of ether oxygens (including phenoxy) is 1. The third-order valence-corrected chi connectivity index (χ3v) is 7.84. The molecule has 2 aliphatic heterocycles. The van der Waals surface area contributed by atoms with E-state index in [-0.39, 0.29) is 22.9 Å². The Morgan fingerprint density at radius 1 is 0.872 bits per heavy atom. The lowest BCUT2D eigenvalue weighted by Crippen LogP contribution is -2.43. The molecule has 39 heavy (non-hydrogen) atoms. The first-order valence-corrected chi connectivity index (χ1v) is 13.7. The lowest BCUT2D eigenvalue weighted by molar-refractivity contribution is -0.116. The van der Waals surface area contributed by atoms with Crippen LogP contribution in [0.2, 0.25) is 0 Å². The van der Waals surface area contributed by atoms with Gasteiger partial charge in [0.05, 0.1) is 25.3 Å². The number of hydrogen-bond acceptors (Lipinski definition) is 4. The fourth-order valence-electron chi connectivity index (χ4n) is 5.55. The van der Waals surface area contributed by atoms with E-state index in [4.69, 9.17) is 4.74 Å². The zero-order chi connectivity index (χ0) is 27.2. The van der Waals surface area contributed by atoms with Gasteiger partial charge >= 0.3 is 0 Å². The van der Waals surface area contributed by atoms with Crippen LogP contribution in [0.25, 0.3) is 11.1 Å². The summed E-state index contributed by atoms with van der Waals surface area (Å²) < 4.78 is 18.8. The summed E-state index contributed by atoms with van der Waals surface area (Å²) in [5.74, 6) is -0.0694. The summed E-state index contributed by atoms with van der Waals surface area (Å²) >= 11 is 0. The van der Waals surface area contributed by atoms with Crippen LogP contribution in [0.15, 0.2) is 84.9 Å². The van der Waals surface area contributed by atoms with Gasteiger partial charge < -0.3 is 10.1 Å². The maximum Gasteiger partial charge on any atom is 0.252 e. The van der Waals surface area contributed by atoms with Crippen LogP contribution in [0.5, 0.6) is 0 Å². The molecule has 0 saturated carbocycles. The molecule has 6 heteroatoms. The van der Waals surface area contributed by atoms with Crippen LogP contribution in [0.3, 0.4) is 0 Å². The highest BCUT2D eigenvalue weighted by Gasteiger charge is 2.41. The third-order valence-electron chi connectivity index (χ3n) is 7.84. The van der Waals surface area contributed by atoms with Crippen molar-refractivity contribution in [1.82, 2.24) is 10.2 Å². The Kier molecular flexibility index (Phi) is 8.34. The quantitative estimate of drug-likeness (QED) is 0.228. The number of likely N-dealkylation sites (tertiary alicyclic amines) is 1. The molecule has 5 rings (SSSR count).